The molecule has 0 atom stereocenters. The van der Waals surface area contributed by atoms with Gasteiger partial charge in [-0.15, -0.1) is 0 Å². The van der Waals surface area contributed by atoms with Gasteiger partial charge >= 0.3 is 0 Å². The third kappa shape index (κ3) is 3.72. The van der Waals surface area contributed by atoms with E-state index in [0.717, 1.165) is 44.4 Å². The van der Waals surface area contributed by atoms with Gasteiger partial charge in [0.15, 0.2) is 0 Å². The summed E-state index contributed by atoms with van der Waals surface area (Å²) in [6.45, 7) is 12.2. The number of aryl methyl sites for hydroxylation is 4. The molecule has 4 nitrogen and oxygen atoms in total. The van der Waals surface area contributed by atoms with Gasteiger partial charge in [0.25, 0.3) is 5.56 Å². The Morgan fingerprint density at radius 3 is 2.39 bits per heavy atom. The number of hydrogen-bond donors (Lipinski definition) is 1. The van der Waals surface area contributed by atoms with Crippen LogP contribution in [0.15, 0.2) is 41.2 Å². The lowest BCUT2D eigenvalue weighted by Gasteiger charge is -2.18. The lowest BCUT2D eigenvalue weighted by molar-refractivity contribution is -0.116. The van der Waals surface area contributed by atoms with Crippen LogP contribution in [0.2, 0.25) is 0 Å². The smallest absolute Gasteiger partial charge is 0.251 e. The number of amides is 1. The molecule has 1 N–H and O–H groups in total. The second-order valence-electron chi connectivity index (χ2n) is 7.97. The minimum absolute atomic E-state index is 0.00855. The molecule has 1 amide bonds. The van der Waals surface area contributed by atoms with Crippen molar-refractivity contribution < 1.29 is 4.79 Å². The number of aromatic nitrogens is 1. The molecule has 3 rings (SSSR count). The minimum Gasteiger partial charge on any atom is -0.324 e. The number of nitrogens with one attached hydrogen (secondary N) is 1. The Morgan fingerprint density at radius 2 is 1.71 bits per heavy atom. The van der Waals surface area contributed by atoms with E-state index in [2.05, 4.69) is 25.2 Å². The molecular formula is C24H28N2O2. The molecule has 0 aliphatic carbocycles. The molecule has 0 bridgehead atoms. The summed E-state index contributed by atoms with van der Waals surface area (Å²) in [6.07, 6.45) is 0. The van der Waals surface area contributed by atoms with E-state index in [4.69, 9.17) is 0 Å². The van der Waals surface area contributed by atoms with E-state index in [1.54, 1.807) is 10.6 Å². The topological polar surface area (TPSA) is 51.1 Å². The number of nitrogens with zero attached hydrogens (tertiary/aromatic N) is 1. The van der Waals surface area contributed by atoms with Crippen LogP contribution in [0.1, 0.15) is 47.6 Å². The van der Waals surface area contributed by atoms with Crippen LogP contribution >= 0.6 is 0 Å². The van der Waals surface area contributed by atoms with Gasteiger partial charge in [-0.3, -0.25) is 14.2 Å². The summed E-state index contributed by atoms with van der Waals surface area (Å²) in [5.74, 6) is 0.103. The first kappa shape index (κ1) is 19.9. The van der Waals surface area contributed by atoms with Gasteiger partial charge < -0.3 is 5.32 Å². The Bertz CT molecular complexity index is 1120. The number of pyridine rings is 1. The molecule has 0 saturated heterocycles. The number of fused-ring (bicyclic) bond motifs is 1. The average Bonchev–Trinajstić information content (AvgIpc) is 2.60. The molecule has 3 aromatic rings. The highest BCUT2D eigenvalue weighted by Crippen LogP contribution is 2.28. The fourth-order valence-corrected chi connectivity index (χ4v) is 3.89. The lowest BCUT2D eigenvalue weighted by atomic mass is 9.98. The first-order chi connectivity index (χ1) is 13.2. The molecule has 0 unspecified atom stereocenters. The van der Waals surface area contributed by atoms with Gasteiger partial charge in [-0.2, -0.15) is 0 Å². The van der Waals surface area contributed by atoms with Gasteiger partial charge in [0.1, 0.15) is 6.54 Å². The molecule has 0 aliphatic rings. The maximum atomic E-state index is 12.9. The van der Waals surface area contributed by atoms with Crippen molar-refractivity contribution in [2.45, 2.75) is 54.0 Å². The normalized spacial score (nSPS) is 11.2. The molecule has 1 aromatic heterocycles. The van der Waals surface area contributed by atoms with Crippen molar-refractivity contribution in [2.75, 3.05) is 5.32 Å². The number of carbonyl (C=O) groups excluding carboxylic acids is 1. The second-order valence-corrected chi connectivity index (χ2v) is 7.97. The molecule has 0 saturated carbocycles. The number of para-hydroxylation sites is 1. The van der Waals surface area contributed by atoms with Crippen LogP contribution in [0, 0.1) is 27.7 Å². The van der Waals surface area contributed by atoms with Crippen LogP contribution < -0.4 is 10.9 Å². The summed E-state index contributed by atoms with van der Waals surface area (Å²) < 4.78 is 1.58. The Kier molecular flexibility index (Phi) is 5.41. The Labute approximate surface area is 166 Å². The third-order valence-electron chi connectivity index (χ3n) is 5.24. The van der Waals surface area contributed by atoms with Crippen LogP contribution in [0.5, 0.6) is 0 Å². The maximum Gasteiger partial charge on any atom is 0.251 e. The van der Waals surface area contributed by atoms with Crippen LogP contribution in [0.25, 0.3) is 10.9 Å². The van der Waals surface area contributed by atoms with E-state index in [1.807, 2.05) is 52.0 Å². The highest BCUT2D eigenvalue weighted by Gasteiger charge is 2.15. The van der Waals surface area contributed by atoms with Crippen molar-refractivity contribution in [2.24, 2.45) is 0 Å². The zero-order valence-electron chi connectivity index (χ0n) is 17.5. The van der Waals surface area contributed by atoms with Crippen LogP contribution in [-0.2, 0) is 11.3 Å². The van der Waals surface area contributed by atoms with E-state index < -0.39 is 0 Å². The summed E-state index contributed by atoms with van der Waals surface area (Å²) >= 11 is 0. The van der Waals surface area contributed by atoms with Crippen LogP contribution in [0.3, 0.4) is 0 Å². The Balaban J connectivity index is 2.03. The summed E-state index contributed by atoms with van der Waals surface area (Å²) in [5.41, 5.74) is 6.73. The second kappa shape index (κ2) is 7.63. The first-order valence-corrected chi connectivity index (χ1v) is 9.69. The zero-order valence-corrected chi connectivity index (χ0v) is 17.5. The molecule has 1 heterocycles. The summed E-state index contributed by atoms with van der Waals surface area (Å²) in [6, 6.07) is 11.8. The van der Waals surface area contributed by atoms with Crippen LogP contribution in [0.4, 0.5) is 5.69 Å². The molecule has 0 fully saturated rings. The average molecular weight is 377 g/mol. The van der Waals surface area contributed by atoms with E-state index in [0.29, 0.717) is 5.92 Å². The van der Waals surface area contributed by atoms with Gasteiger partial charge in [0, 0.05) is 17.1 Å². The molecule has 0 radical (unpaired) electrons. The van der Waals surface area contributed by atoms with E-state index in [-0.39, 0.29) is 18.0 Å². The first-order valence-electron chi connectivity index (χ1n) is 9.69. The van der Waals surface area contributed by atoms with E-state index in [1.165, 1.54) is 0 Å². The minimum atomic E-state index is -0.191. The monoisotopic (exact) mass is 376 g/mol. The van der Waals surface area contributed by atoms with Gasteiger partial charge in [-0.25, -0.2) is 0 Å². The lowest BCUT2D eigenvalue weighted by Crippen LogP contribution is -2.28. The SMILES string of the molecule is Cc1cc(C)c2c(c1)c(C)cc(=O)n2CC(=O)Nc1c(C)cccc1C(C)C. The molecule has 28 heavy (non-hydrogen) atoms. The largest absolute Gasteiger partial charge is 0.324 e. The predicted octanol–water partition coefficient (Wildman–Crippen LogP) is 5.00. The van der Waals surface area contributed by atoms with E-state index >= 15 is 0 Å². The summed E-state index contributed by atoms with van der Waals surface area (Å²) in [4.78, 5) is 25.6. The number of hydrogen-bond acceptors (Lipinski definition) is 2. The van der Waals surface area contributed by atoms with E-state index in [9.17, 15) is 9.59 Å². The third-order valence-corrected chi connectivity index (χ3v) is 5.24. The van der Waals surface area contributed by atoms with Crippen molar-refractivity contribution in [3.8, 4) is 0 Å². The van der Waals surface area contributed by atoms with Crippen molar-refractivity contribution in [1.82, 2.24) is 4.57 Å². The zero-order chi connectivity index (χ0) is 20.6. The molecule has 0 spiro atoms. The van der Waals surface area contributed by atoms with Gasteiger partial charge in [0.05, 0.1) is 5.52 Å². The molecule has 0 aliphatic heterocycles. The summed E-state index contributed by atoms with van der Waals surface area (Å²) in [7, 11) is 0. The molecular weight excluding hydrogens is 348 g/mol. The number of anilines is 1. The standard InChI is InChI=1S/C24H28N2O2/c1-14(2)19-9-7-8-16(4)23(19)25-21(27)13-26-22(28)12-17(5)20-11-15(3)10-18(6)24(20)26/h7-12,14H,13H2,1-6H3,(H,25,27). The Hall–Kier alpha value is -2.88. The van der Waals surface area contributed by atoms with Crippen molar-refractivity contribution in [3.05, 3.63) is 74.6 Å². The highest BCUT2D eigenvalue weighted by molar-refractivity contribution is 5.94. The van der Waals surface area contributed by atoms with Gasteiger partial charge in [0.2, 0.25) is 5.91 Å². The quantitative estimate of drug-likeness (QED) is 0.697. The fraction of sp³-hybridized carbons (Fsp3) is 0.333. The molecule has 2 aromatic carbocycles. The summed E-state index contributed by atoms with van der Waals surface area (Å²) in [5, 5.41) is 4.06. The predicted molar refractivity (Wildman–Crippen MR) is 116 cm³/mol. The van der Waals surface area contributed by atoms with Gasteiger partial charge in [-0.05, 0) is 61.9 Å². The molecule has 146 valence electrons. The number of benzene rings is 2. The van der Waals surface area contributed by atoms with Crippen molar-refractivity contribution in [1.29, 1.82) is 0 Å². The van der Waals surface area contributed by atoms with Gasteiger partial charge in [-0.1, -0.05) is 43.7 Å². The van der Waals surface area contributed by atoms with Crippen molar-refractivity contribution in [3.63, 3.8) is 0 Å². The maximum absolute atomic E-state index is 12.9. The fourth-order valence-electron chi connectivity index (χ4n) is 3.89. The number of carbonyl (C=O) groups is 1. The molecule has 4 heteroatoms. The van der Waals surface area contributed by atoms with Crippen LogP contribution in [-0.4, -0.2) is 10.5 Å². The number of rotatable bonds is 4. The Morgan fingerprint density at radius 1 is 1.00 bits per heavy atom. The highest BCUT2D eigenvalue weighted by atomic mass is 16.2. The van der Waals surface area contributed by atoms with Crippen molar-refractivity contribution >= 4 is 22.5 Å².